The van der Waals surface area contributed by atoms with Crippen molar-refractivity contribution in [3.8, 4) is 11.3 Å². The zero-order valence-electron chi connectivity index (χ0n) is 21.5. The lowest BCUT2D eigenvalue weighted by Gasteiger charge is -2.23. The van der Waals surface area contributed by atoms with E-state index in [-0.39, 0.29) is 5.82 Å². The van der Waals surface area contributed by atoms with Crippen molar-refractivity contribution in [3.63, 3.8) is 0 Å². The minimum absolute atomic E-state index is 0.370. The molecule has 5 rings (SSSR count). The SMILES string of the molecule is O=C(Nc1ccc(N(CCCl)CCCl)cc1)Nc1cc(-c2ccccc2F)nc2ccc(N3CCCC3)cc12. The molecular formula is C30H30Cl2FN5O. The molecular weight excluding hydrogens is 536 g/mol. The maximum Gasteiger partial charge on any atom is 0.323 e. The number of nitrogens with zero attached hydrogens (tertiary/aromatic N) is 3. The summed E-state index contributed by atoms with van der Waals surface area (Å²) in [4.78, 5) is 22.3. The van der Waals surface area contributed by atoms with Gasteiger partial charge in [0.2, 0.25) is 0 Å². The van der Waals surface area contributed by atoms with Gasteiger partial charge in [-0.15, -0.1) is 23.2 Å². The first-order valence-electron chi connectivity index (χ1n) is 13.1. The van der Waals surface area contributed by atoms with Crippen LogP contribution in [0.15, 0.2) is 72.8 Å². The van der Waals surface area contributed by atoms with Crippen LogP contribution in [-0.2, 0) is 0 Å². The average Bonchev–Trinajstić information content (AvgIpc) is 3.49. The van der Waals surface area contributed by atoms with E-state index in [4.69, 9.17) is 28.2 Å². The molecule has 0 unspecified atom stereocenters. The predicted octanol–water partition coefficient (Wildman–Crippen LogP) is 7.57. The normalized spacial score (nSPS) is 13.1. The molecule has 2 heterocycles. The van der Waals surface area contributed by atoms with Gasteiger partial charge in [0.15, 0.2) is 0 Å². The Labute approximate surface area is 237 Å². The van der Waals surface area contributed by atoms with E-state index in [1.165, 1.54) is 6.07 Å². The zero-order valence-corrected chi connectivity index (χ0v) is 23.0. The summed E-state index contributed by atoms with van der Waals surface area (Å²) in [5, 5.41) is 6.68. The zero-order chi connectivity index (χ0) is 27.2. The molecule has 9 heteroatoms. The van der Waals surface area contributed by atoms with Crippen LogP contribution in [0.4, 0.5) is 31.9 Å². The fraction of sp³-hybridized carbons (Fsp3) is 0.267. The topological polar surface area (TPSA) is 60.5 Å². The first kappa shape index (κ1) is 27.0. The summed E-state index contributed by atoms with van der Waals surface area (Å²) < 4.78 is 14.6. The van der Waals surface area contributed by atoms with Crippen LogP contribution in [0.5, 0.6) is 0 Å². The van der Waals surface area contributed by atoms with Gasteiger partial charge in [-0.2, -0.15) is 0 Å². The molecule has 1 aromatic heterocycles. The van der Waals surface area contributed by atoms with Crippen molar-refractivity contribution in [2.75, 3.05) is 58.4 Å². The number of pyridine rings is 1. The Hall–Kier alpha value is -3.55. The van der Waals surface area contributed by atoms with Crippen molar-refractivity contribution in [3.05, 3.63) is 78.6 Å². The number of rotatable bonds is 9. The molecule has 2 N–H and O–H groups in total. The number of benzene rings is 3. The van der Waals surface area contributed by atoms with Gasteiger partial charge in [-0.25, -0.2) is 14.2 Å². The number of amides is 2. The number of halogens is 3. The summed E-state index contributed by atoms with van der Waals surface area (Å²) in [6.07, 6.45) is 2.31. The molecule has 1 saturated heterocycles. The van der Waals surface area contributed by atoms with Crippen LogP contribution in [0.3, 0.4) is 0 Å². The van der Waals surface area contributed by atoms with Gasteiger partial charge in [-0.3, -0.25) is 0 Å². The third kappa shape index (κ3) is 6.37. The minimum Gasteiger partial charge on any atom is -0.372 e. The Morgan fingerprint density at radius 1 is 0.923 bits per heavy atom. The van der Waals surface area contributed by atoms with Gasteiger partial charge in [0.25, 0.3) is 0 Å². The average molecular weight is 567 g/mol. The van der Waals surface area contributed by atoms with Gasteiger partial charge < -0.3 is 20.4 Å². The maximum atomic E-state index is 14.6. The Morgan fingerprint density at radius 3 is 2.33 bits per heavy atom. The minimum atomic E-state index is -0.403. The van der Waals surface area contributed by atoms with Gasteiger partial charge in [0, 0.05) is 66.0 Å². The molecule has 4 aromatic rings. The lowest BCUT2D eigenvalue weighted by Crippen LogP contribution is -2.27. The molecule has 0 saturated carbocycles. The van der Waals surface area contributed by atoms with E-state index in [1.54, 1.807) is 24.3 Å². The van der Waals surface area contributed by atoms with E-state index >= 15 is 0 Å². The number of anilines is 4. The molecule has 1 aliphatic rings. The molecule has 1 fully saturated rings. The summed E-state index contributed by atoms with van der Waals surface area (Å²) in [6, 6.07) is 21.4. The molecule has 2 amide bonds. The molecule has 0 radical (unpaired) electrons. The standard InChI is InChI=1S/C30H30Cl2FN5O/c31-13-17-38(18-14-32)22-9-7-21(8-10-22)34-30(39)36-29-20-28(24-5-1-2-6-26(24)33)35-27-12-11-23(19-25(27)29)37-15-3-4-16-37/h1-2,5-12,19-20H,3-4,13-18H2,(H2,34,35,36,39). The largest absolute Gasteiger partial charge is 0.372 e. The van der Waals surface area contributed by atoms with Gasteiger partial charge >= 0.3 is 6.03 Å². The third-order valence-electron chi connectivity index (χ3n) is 6.86. The van der Waals surface area contributed by atoms with E-state index in [2.05, 4.69) is 20.4 Å². The molecule has 202 valence electrons. The van der Waals surface area contributed by atoms with Crippen LogP contribution in [0.1, 0.15) is 12.8 Å². The number of urea groups is 1. The monoisotopic (exact) mass is 565 g/mol. The first-order chi connectivity index (χ1) is 19.1. The van der Waals surface area contributed by atoms with Crippen molar-refractivity contribution in [2.45, 2.75) is 12.8 Å². The van der Waals surface area contributed by atoms with E-state index in [0.29, 0.717) is 53.0 Å². The number of aromatic nitrogens is 1. The summed E-state index contributed by atoms with van der Waals surface area (Å²) in [5.41, 5.74) is 4.76. The molecule has 3 aromatic carbocycles. The second-order valence-electron chi connectivity index (χ2n) is 9.42. The van der Waals surface area contributed by atoms with Gasteiger partial charge in [-0.05, 0) is 73.5 Å². The van der Waals surface area contributed by atoms with Crippen molar-refractivity contribution in [2.24, 2.45) is 0 Å². The number of hydrogen-bond donors (Lipinski definition) is 2. The Kier molecular flexibility index (Phi) is 8.69. The van der Waals surface area contributed by atoms with Crippen LogP contribution in [0.25, 0.3) is 22.2 Å². The second-order valence-corrected chi connectivity index (χ2v) is 10.2. The Bertz CT molecular complexity index is 1440. The maximum absolute atomic E-state index is 14.6. The first-order valence-corrected chi connectivity index (χ1v) is 14.1. The summed E-state index contributed by atoms with van der Waals surface area (Å²) in [7, 11) is 0. The van der Waals surface area contributed by atoms with E-state index < -0.39 is 6.03 Å². The highest BCUT2D eigenvalue weighted by Crippen LogP contribution is 2.33. The van der Waals surface area contributed by atoms with Gasteiger partial charge in [0.1, 0.15) is 5.82 Å². The van der Waals surface area contributed by atoms with Crippen LogP contribution < -0.4 is 20.4 Å². The fourth-order valence-electron chi connectivity index (χ4n) is 4.91. The van der Waals surface area contributed by atoms with Gasteiger partial charge in [0.05, 0.1) is 16.9 Å². The lowest BCUT2D eigenvalue weighted by molar-refractivity contribution is 0.262. The second kappa shape index (κ2) is 12.5. The van der Waals surface area contributed by atoms with E-state index in [0.717, 1.165) is 42.7 Å². The van der Waals surface area contributed by atoms with Crippen LogP contribution in [-0.4, -0.2) is 49.0 Å². The number of nitrogens with one attached hydrogen (secondary N) is 2. The lowest BCUT2D eigenvalue weighted by atomic mass is 10.1. The Morgan fingerprint density at radius 2 is 1.64 bits per heavy atom. The van der Waals surface area contributed by atoms with E-state index in [1.807, 2.05) is 42.5 Å². The number of fused-ring (bicyclic) bond motifs is 1. The van der Waals surface area contributed by atoms with Crippen molar-refractivity contribution < 1.29 is 9.18 Å². The van der Waals surface area contributed by atoms with Crippen LogP contribution in [0, 0.1) is 5.82 Å². The highest BCUT2D eigenvalue weighted by atomic mass is 35.5. The summed E-state index contributed by atoms with van der Waals surface area (Å²) in [6.45, 7) is 3.36. The highest BCUT2D eigenvalue weighted by molar-refractivity contribution is 6.18. The number of hydrogen-bond acceptors (Lipinski definition) is 4. The molecule has 6 nitrogen and oxygen atoms in total. The van der Waals surface area contributed by atoms with Crippen molar-refractivity contribution in [1.82, 2.24) is 4.98 Å². The van der Waals surface area contributed by atoms with E-state index in [9.17, 15) is 9.18 Å². The molecule has 1 aliphatic heterocycles. The quantitative estimate of drug-likeness (QED) is 0.205. The highest BCUT2D eigenvalue weighted by Gasteiger charge is 2.17. The predicted molar refractivity (Wildman–Crippen MR) is 161 cm³/mol. The smallest absolute Gasteiger partial charge is 0.323 e. The molecule has 0 spiro atoms. The van der Waals surface area contributed by atoms with Crippen molar-refractivity contribution in [1.29, 1.82) is 0 Å². The number of alkyl halides is 2. The molecule has 0 aliphatic carbocycles. The van der Waals surface area contributed by atoms with Gasteiger partial charge in [-0.1, -0.05) is 12.1 Å². The third-order valence-corrected chi connectivity index (χ3v) is 7.20. The van der Waals surface area contributed by atoms with Crippen LogP contribution >= 0.6 is 23.2 Å². The molecule has 0 atom stereocenters. The molecule has 0 bridgehead atoms. The molecule has 39 heavy (non-hydrogen) atoms. The number of carbonyl (C=O) groups excluding carboxylic acids is 1. The van der Waals surface area contributed by atoms with Crippen molar-refractivity contribution >= 4 is 62.9 Å². The fourth-order valence-corrected chi connectivity index (χ4v) is 5.32. The summed E-state index contributed by atoms with van der Waals surface area (Å²) in [5.74, 6) is 0.618. The number of carbonyl (C=O) groups is 1. The summed E-state index contributed by atoms with van der Waals surface area (Å²) >= 11 is 11.9. The van der Waals surface area contributed by atoms with Crippen LogP contribution in [0.2, 0.25) is 0 Å². The Balaban J connectivity index is 1.43.